The van der Waals surface area contributed by atoms with Gasteiger partial charge in [-0.15, -0.1) is 0 Å². The zero-order valence-electron chi connectivity index (χ0n) is 10.6. The number of nitrogens with one attached hydrogen (secondary N) is 2. The van der Waals surface area contributed by atoms with Gasteiger partial charge < -0.3 is 10.3 Å². The molecule has 0 bridgehead atoms. The van der Waals surface area contributed by atoms with Gasteiger partial charge in [0.2, 0.25) is 0 Å². The van der Waals surface area contributed by atoms with Gasteiger partial charge in [-0.05, 0) is 35.4 Å². The van der Waals surface area contributed by atoms with Crippen LogP contribution < -0.4 is 5.32 Å². The minimum atomic E-state index is 0.328. The molecule has 1 aromatic carbocycles. The Morgan fingerprint density at radius 3 is 2.89 bits per heavy atom. The first-order chi connectivity index (χ1) is 9.25. The summed E-state index contributed by atoms with van der Waals surface area (Å²) in [7, 11) is 0. The van der Waals surface area contributed by atoms with Crippen LogP contribution >= 0.6 is 22.9 Å². The summed E-state index contributed by atoms with van der Waals surface area (Å²) in [5.74, 6) is 0. The zero-order chi connectivity index (χ0) is 13.2. The van der Waals surface area contributed by atoms with Crippen LogP contribution in [0.25, 0.3) is 10.9 Å². The Morgan fingerprint density at radius 1 is 1.32 bits per heavy atom. The number of thiophene rings is 1. The fraction of sp³-hybridized carbons (Fsp3) is 0.200. The van der Waals surface area contributed by atoms with Crippen molar-refractivity contribution in [1.29, 1.82) is 0 Å². The fourth-order valence-corrected chi connectivity index (χ4v) is 3.21. The molecule has 0 aliphatic carbocycles. The number of benzene rings is 1. The number of hydrogen-bond donors (Lipinski definition) is 2. The maximum atomic E-state index is 6.40. The second kappa shape index (κ2) is 5.37. The summed E-state index contributed by atoms with van der Waals surface area (Å²) in [6.07, 6.45) is 0. The highest BCUT2D eigenvalue weighted by Gasteiger charge is 2.10. The van der Waals surface area contributed by atoms with Crippen molar-refractivity contribution in [3.05, 3.63) is 57.4 Å². The molecule has 4 heteroatoms. The van der Waals surface area contributed by atoms with Gasteiger partial charge in [-0.2, -0.15) is 11.3 Å². The predicted octanol–water partition coefficient (Wildman–Crippen LogP) is 4.73. The van der Waals surface area contributed by atoms with E-state index in [1.165, 1.54) is 5.56 Å². The van der Waals surface area contributed by atoms with Gasteiger partial charge in [-0.1, -0.05) is 29.8 Å². The summed E-state index contributed by atoms with van der Waals surface area (Å²) in [5.41, 5.74) is 3.45. The third kappa shape index (κ3) is 2.54. The van der Waals surface area contributed by atoms with E-state index < -0.39 is 0 Å². The van der Waals surface area contributed by atoms with Gasteiger partial charge >= 0.3 is 0 Å². The first-order valence-electron chi connectivity index (χ1n) is 6.26. The van der Waals surface area contributed by atoms with Gasteiger partial charge in [-0.3, -0.25) is 0 Å². The van der Waals surface area contributed by atoms with E-state index in [0.717, 1.165) is 28.2 Å². The fourth-order valence-electron chi connectivity index (χ4n) is 2.18. The van der Waals surface area contributed by atoms with Crippen LogP contribution in [0.3, 0.4) is 0 Å². The van der Waals surface area contributed by atoms with Crippen LogP contribution in [0.5, 0.6) is 0 Å². The van der Waals surface area contributed by atoms with Crippen molar-refractivity contribution < 1.29 is 0 Å². The van der Waals surface area contributed by atoms with Crippen LogP contribution in [0.2, 0.25) is 5.02 Å². The van der Waals surface area contributed by atoms with Crippen LogP contribution in [0.1, 0.15) is 24.2 Å². The Morgan fingerprint density at radius 2 is 2.16 bits per heavy atom. The summed E-state index contributed by atoms with van der Waals surface area (Å²) in [6, 6.07) is 10.6. The van der Waals surface area contributed by atoms with Crippen LogP contribution in [-0.2, 0) is 6.54 Å². The Balaban J connectivity index is 1.77. The molecule has 2 heterocycles. The lowest BCUT2D eigenvalue weighted by atomic mass is 10.2. The molecule has 3 rings (SSSR count). The average Bonchev–Trinajstić information content (AvgIpc) is 3.05. The third-order valence-electron chi connectivity index (χ3n) is 3.34. The van der Waals surface area contributed by atoms with Gasteiger partial charge in [0, 0.05) is 29.2 Å². The van der Waals surface area contributed by atoms with Crippen LogP contribution in [0.15, 0.2) is 41.1 Å². The molecule has 0 saturated carbocycles. The van der Waals surface area contributed by atoms with Crippen LogP contribution in [0.4, 0.5) is 0 Å². The van der Waals surface area contributed by atoms with Crippen molar-refractivity contribution in [2.45, 2.75) is 19.5 Å². The molecule has 0 aliphatic rings. The summed E-state index contributed by atoms with van der Waals surface area (Å²) >= 11 is 8.12. The van der Waals surface area contributed by atoms with E-state index in [1.807, 2.05) is 24.3 Å². The smallest absolute Gasteiger partial charge is 0.0705 e. The molecule has 19 heavy (non-hydrogen) atoms. The molecule has 98 valence electrons. The normalized spacial score (nSPS) is 12.9. The average molecular weight is 291 g/mol. The first-order valence-corrected chi connectivity index (χ1v) is 7.58. The number of hydrogen-bond acceptors (Lipinski definition) is 2. The van der Waals surface area contributed by atoms with Gasteiger partial charge in [0.25, 0.3) is 0 Å². The molecule has 2 nitrogen and oxygen atoms in total. The minimum Gasteiger partial charge on any atom is -0.356 e. The van der Waals surface area contributed by atoms with E-state index in [0.29, 0.717) is 6.04 Å². The molecule has 0 spiro atoms. The molecule has 2 N–H and O–H groups in total. The standard InChI is InChI=1S/C15H15ClN2S/c1-10(11-6-7-19-9-11)17-8-14-15(16)12-4-2-3-5-13(12)18-14/h2-7,9-10,17-18H,8H2,1H3. The quantitative estimate of drug-likeness (QED) is 0.714. The lowest BCUT2D eigenvalue weighted by molar-refractivity contribution is 0.571. The van der Waals surface area contributed by atoms with Crippen molar-refractivity contribution >= 4 is 33.8 Å². The molecule has 0 saturated heterocycles. The number of rotatable bonds is 4. The maximum absolute atomic E-state index is 6.40. The lowest BCUT2D eigenvalue weighted by Gasteiger charge is -2.11. The van der Waals surface area contributed by atoms with E-state index in [2.05, 4.69) is 34.1 Å². The van der Waals surface area contributed by atoms with Crippen molar-refractivity contribution in [3.63, 3.8) is 0 Å². The molecule has 2 aromatic heterocycles. The number of aromatic amines is 1. The Bertz CT molecular complexity index is 673. The second-order valence-electron chi connectivity index (χ2n) is 4.62. The van der Waals surface area contributed by atoms with Crippen LogP contribution in [-0.4, -0.2) is 4.98 Å². The molecular formula is C15H15ClN2S. The molecular weight excluding hydrogens is 276 g/mol. The Hall–Kier alpha value is -1.29. The highest BCUT2D eigenvalue weighted by Crippen LogP contribution is 2.27. The topological polar surface area (TPSA) is 27.8 Å². The minimum absolute atomic E-state index is 0.328. The molecule has 3 aromatic rings. The zero-order valence-corrected chi connectivity index (χ0v) is 12.2. The molecule has 0 aliphatic heterocycles. The summed E-state index contributed by atoms with van der Waals surface area (Å²) in [5, 5.41) is 9.67. The van der Waals surface area contributed by atoms with Gasteiger partial charge in [0.15, 0.2) is 0 Å². The van der Waals surface area contributed by atoms with E-state index in [-0.39, 0.29) is 0 Å². The van der Waals surface area contributed by atoms with E-state index in [1.54, 1.807) is 11.3 Å². The Labute approximate surface area is 121 Å². The van der Waals surface area contributed by atoms with E-state index in [9.17, 15) is 0 Å². The predicted molar refractivity (Wildman–Crippen MR) is 82.9 cm³/mol. The highest BCUT2D eigenvalue weighted by molar-refractivity contribution is 7.07. The van der Waals surface area contributed by atoms with Crippen molar-refractivity contribution in [3.8, 4) is 0 Å². The van der Waals surface area contributed by atoms with Crippen molar-refractivity contribution in [2.24, 2.45) is 0 Å². The van der Waals surface area contributed by atoms with E-state index >= 15 is 0 Å². The number of H-pyrrole nitrogens is 1. The monoisotopic (exact) mass is 290 g/mol. The maximum Gasteiger partial charge on any atom is 0.0705 e. The van der Waals surface area contributed by atoms with Crippen molar-refractivity contribution in [1.82, 2.24) is 10.3 Å². The number of fused-ring (bicyclic) bond motifs is 1. The van der Waals surface area contributed by atoms with Crippen molar-refractivity contribution in [2.75, 3.05) is 0 Å². The molecule has 1 atom stereocenters. The summed E-state index contributed by atoms with van der Waals surface area (Å²) < 4.78 is 0. The second-order valence-corrected chi connectivity index (χ2v) is 5.78. The molecule has 0 radical (unpaired) electrons. The third-order valence-corrected chi connectivity index (χ3v) is 4.48. The SMILES string of the molecule is CC(NCc1[nH]c2ccccc2c1Cl)c1ccsc1. The largest absolute Gasteiger partial charge is 0.356 e. The first kappa shape index (κ1) is 12.7. The van der Waals surface area contributed by atoms with Crippen LogP contribution in [0, 0.1) is 0 Å². The number of halogens is 1. The number of aromatic nitrogens is 1. The highest BCUT2D eigenvalue weighted by atomic mass is 35.5. The molecule has 1 unspecified atom stereocenters. The van der Waals surface area contributed by atoms with Gasteiger partial charge in [0.1, 0.15) is 0 Å². The molecule has 0 amide bonds. The summed E-state index contributed by atoms with van der Waals surface area (Å²) in [4.78, 5) is 3.37. The number of para-hydroxylation sites is 1. The lowest BCUT2D eigenvalue weighted by Crippen LogP contribution is -2.17. The Kier molecular flexibility index (Phi) is 3.60. The van der Waals surface area contributed by atoms with Gasteiger partial charge in [-0.25, -0.2) is 0 Å². The summed E-state index contributed by atoms with van der Waals surface area (Å²) in [6.45, 7) is 2.91. The van der Waals surface area contributed by atoms with Gasteiger partial charge in [0.05, 0.1) is 5.02 Å². The molecule has 0 fully saturated rings. The van der Waals surface area contributed by atoms with E-state index in [4.69, 9.17) is 11.6 Å².